The first-order valence-electron chi connectivity index (χ1n) is 11.9. The van der Waals surface area contributed by atoms with Crippen LogP contribution in [0.25, 0.3) is 11.1 Å². The van der Waals surface area contributed by atoms with E-state index in [1.54, 1.807) is 12.1 Å². The number of rotatable bonds is 5. The van der Waals surface area contributed by atoms with Crippen molar-refractivity contribution in [1.82, 2.24) is 19.7 Å². The van der Waals surface area contributed by atoms with Gasteiger partial charge in [0, 0.05) is 54.4 Å². The van der Waals surface area contributed by atoms with Crippen LogP contribution in [-0.2, 0) is 10.3 Å². The summed E-state index contributed by atoms with van der Waals surface area (Å²) in [5, 5.41) is 7.90. The molecular weight excluding hydrogens is 430 g/mol. The van der Waals surface area contributed by atoms with Gasteiger partial charge < -0.3 is 20.7 Å². The molecule has 176 valence electrons. The van der Waals surface area contributed by atoms with Gasteiger partial charge in [-0.25, -0.2) is 14.8 Å². The molecule has 3 aromatic rings. The first-order chi connectivity index (χ1) is 16.4. The lowest BCUT2D eigenvalue weighted by Gasteiger charge is -2.34. The van der Waals surface area contributed by atoms with E-state index in [4.69, 9.17) is 15.5 Å². The van der Waals surface area contributed by atoms with Gasteiger partial charge in [-0.3, -0.25) is 4.68 Å². The summed E-state index contributed by atoms with van der Waals surface area (Å²) in [7, 11) is 0. The Hall–Kier alpha value is -3.46. The number of carbonyl (C=O) groups is 1. The predicted octanol–water partition coefficient (Wildman–Crippen LogP) is 3.75. The Morgan fingerprint density at radius 1 is 1.15 bits per heavy atom. The highest BCUT2D eigenvalue weighted by Crippen LogP contribution is 2.39. The monoisotopic (exact) mass is 459 g/mol. The van der Waals surface area contributed by atoms with E-state index in [1.165, 1.54) is 12.8 Å². The van der Waals surface area contributed by atoms with Gasteiger partial charge in [-0.2, -0.15) is 5.10 Å². The van der Waals surface area contributed by atoms with Gasteiger partial charge in [-0.15, -0.1) is 0 Å². The molecule has 6 rings (SSSR count). The summed E-state index contributed by atoms with van der Waals surface area (Å²) < 4.78 is 7.51. The van der Waals surface area contributed by atoms with Gasteiger partial charge in [-0.1, -0.05) is 0 Å². The number of carbonyl (C=O) groups excluding carboxylic acids is 1. The summed E-state index contributed by atoms with van der Waals surface area (Å²) in [6, 6.07) is 6.28. The van der Waals surface area contributed by atoms with E-state index >= 15 is 0 Å². The van der Waals surface area contributed by atoms with Crippen LogP contribution in [0.3, 0.4) is 0 Å². The number of nitrogens with two attached hydrogens (primary N) is 1. The number of ether oxygens (including phenoxy) is 1. The van der Waals surface area contributed by atoms with Crippen LogP contribution < -0.4 is 16.0 Å². The van der Waals surface area contributed by atoms with Crippen molar-refractivity contribution in [1.29, 1.82) is 0 Å². The number of nitrogens with one attached hydrogen (secondary N) is 1. The van der Waals surface area contributed by atoms with Crippen molar-refractivity contribution in [3.8, 4) is 11.1 Å². The van der Waals surface area contributed by atoms with Crippen molar-refractivity contribution >= 4 is 23.3 Å². The van der Waals surface area contributed by atoms with Gasteiger partial charge in [-0.05, 0) is 51.7 Å². The minimum atomic E-state index is -0.752. The number of hydrogen-bond donors (Lipinski definition) is 2. The average Bonchev–Trinajstić information content (AvgIpc) is 3.50. The number of fused-ring (bicyclic) bond motifs is 1. The number of anilines is 3. The molecule has 9 nitrogen and oxygen atoms in total. The van der Waals surface area contributed by atoms with Crippen LogP contribution in [0.5, 0.6) is 0 Å². The fourth-order valence-corrected chi connectivity index (χ4v) is 4.86. The zero-order valence-corrected chi connectivity index (χ0v) is 19.5. The summed E-state index contributed by atoms with van der Waals surface area (Å²) in [4.78, 5) is 23.8. The number of pyridine rings is 2. The van der Waals surface area contributed by atoms with Crippen LogP contribution in [0.2, 0.25) is 0 Å². The maximum absolute atomic E-state index is 12.1. The Bertz CT molecular complexity index is 1260. The lowest BCUT2D eigenvalue weighted by atomic mass is 10.0. The van der Waals surface area contributed by atoms with Crippen LogP contribution in [-0.4, -0.2) is 44.8 Å². The third-order valence-electron chi connectivity index (χ3n) is 6.80. The smallest absolute Gasteiger partial charge is 0.341 e. The number of nitrogens with zero attached hydrogens (tertiary/aromatic N) is 5. The van der Waals surface area contributed by atoms with Crippen LogP contribution in [0.4, 0.5) is 17.3 Å². The van der Waals surface area contributed by atoms with Gasteiger partial charge in [0.15, 0.2) is 0 Å². The highest BCUT2D eigenvalue weighted by molar-refractivity contribution is 5.94. The molecule has 5 heterocycles. The van der Waals surface area contributed by atoms with E-state index in [9.17, 15) is 4.79 Å². The molecule has 2 fully saturated rings. The third-order valence-corrected chi connectivity index (χ3v) is 6.80. The molecule has 1 saturated carbocycles. The maximum Gasteiger partial charge on any atom is 0.341 e. The van der Waals surface area contributed by atoms with Crippen LogP contribution in [0, 0.1) is 0 Å². The molecule has 3 N–H and O–H groups in total. The van der Waals surface area contributed by atoms with Crippen molar-refractivity contribution < 1.29 is 9.53 Å². The second-order valence-corrected chi connectivity index (χ2v) is 9.99. The lowest BCUT2D eigenvalue weighted by molar-refractivity contribution is 0.00834. The summed E-state index contributed by atoms with van der Waals surface area (Å²) in [6.45, 7) is 5.45. The van der Waals surface area contributed by atoms with E-state index in [0.29, 0.717) is 28.9 Å². The van der Waals surface area contributed by atoms with E-state index < -0.39 is 5.60 Å². The van der Waals surface area contributed by atoms with Gasteiger partial charge >= 0.3 is 5.97 Å². The third kappa shape index (κ3) is 3.79. The van der Waals surface area contributed by atoms with Crippen molar-refractivity contribution in [2.75, 3.05) is 23.3 Å². The molecule has 3 aromatic heterocycles. The summed E-state index contributed by atoms with van der Waals surface area (Å²) in [5.41, 5.74) is 9.90. The number of piperidine rings is 1. The van der Waals surface area contributed by atoms with Crippen LogP contribution in [0.15, 0.2) is 36.8 Å². The molecule has 1 atom stereocenters. The Balaban J connectivity index is 1.35. The number of hydrogen-bond acceptors (Lipinski definition) is 8. The first kappa shape index (κ1) is 21.1. The molecule has 0 amide bonds. The Morgan fingerprint density at radius 2 is 2.00 bits per heavy atom. The van der Waals surface area contributed by atoms with Crippen molar-refractivity contribution in [3.05, 3.63) is 48.0 Å². The van der Waals surface area contributed by atoms with Crippen molar-refractivity contribution in [2.24, 2.45) is 5.73 Å². The quantitative estimate of drug-likeness (QED) is 0.555. The zero-order valence-electron chi connectivity index (χ0n) is 19.5. The first-order valence-corrected chi connectivity index (χ1v) is 11.9. The van der Waals surface area contributed by atoms with Crippen molar-refractivity contribution in [2.45, 2.75) is 57.2 Å². The molecule has 1 aliphatic carbocycles. The molecule has 2 aliphatic heterocycles. The average molecular weight is 460 g/mol. The summed E-state index contributed by atoms with van der Waals surface area (Å²) >= 11 is 0. The van der Waals surface area contributed by atoms with Crippen molar-refractivity contribution in [3.63, 3.8) is 0 Å². The topological polar surface area (TPSA) is 111 Å². The zero-order chi connectivity index (χ0) is 23.4. The molecule has 0 radical (unpaired) electrons. The van der Waals surface area contributed by atoms with Gasteiger partial charge in [0.1, 0.15) is 22.9 Å². The molecule has 34 heavy (non-hydrogen) atoms. The van der Waals surface area contributed by atoms with Crippen LogP contribution in [0.1, 0.15) is 61.6 Å². The molecule has 0 bridgehead atoms. The molecule has 0 aromatic carbocycles. The SMILES string of the molecule is CC1(C)OC(=O)c2ccc(Nc3cc(N4CCC[C@@H](N)C4)c(-c4cnn(C5CC5)c4)cn3)nc21. The second-order valence-electron chi connectivity index (χ2n) is 9.99. The standard InChI is InChI=1S/C25H29N7O2/c1-25(2)23-18(24(33)34-25)7-8-21(30-23)29-22-10-20(31-9-3-4-16(26)14-31)19(12-27-22)15-11-28-32(13-15)17-5-6-17/h7-8,10-13,16-17H,3-6,9,14,26H2,1-2H3,(H,27,29,30)/t16-/m1/s1. The second kappa shape index (κ2) is 7.80. The fourth-order valence-electron chi connectivity index (χ4n) is 4.86. The minimum Gasteiger partial charge on any atom is -0.449 e. The van der Waals surface area contributed by atoms with Gasteiger partial charge in [0.05, 0.1) is 17.8 Å². The Kier molecular flexibility index (Phi) is 4.84. The number of aromatic nitrogens is 4. The van der Waals surface area contributed by atoms with Gasteiger partial charge in [0.25, 0.3) is 0 Å². The Morgan fingerprint density at radius 3 is 2.79 bits per heavy atom. The largest absolute Gasteiger partial charge is 0.449 e. The summed E-state index contributed by atoms with van der Waals surface area (Å²) in [5.74, 6) is 0.966. The molecular formula is C25H29N7O2. The minimum absolute atomic E-state index is 0.151. The number of cyclic esters (lactones) is 1. The van der Waals surface area contributed by atoms with E-state index in [-0.39, 0.29) is 12.0 Å². The van der Waals surface area contributed by atoms with E-state index in [2.05, 4.69) is 37.2 Å². The fraction of sp³-hybridized carbons (Fsp3) is 0.440. The lowest BCUT2D eigenvalue weighted by Crippen LogP contribution is -2.43. The highest BCUT2D eigenvalue weighted by atomic mass is 16.6. The normalized spacial score (nSPS) is 21.3. The molecule has 9 heteroatoms. The highest BCUT2D eigenvalue weighted by Gasteiger charge is 2.39. The van der Waals surface area contributed by atoms with E-state index in [0.717, 1.165) is 42.7 Å². The summed E-state index contributed by atoms with van der Waals surface area (Å²) in [6.07, 6.45) is 10.4. The van der Waals surface area contributed by atoms with Crippen LogP contribution >= 0.6 is 0 Å². The Labute approximate surface area is 198 Å². The molecule has 0 spiro atoms. The molecule has 0 unspecified atom stereocenters. The van der Waals surface area contributed by atoms with E-state index in [1.807, 2.05) is 26.2 Å². The maximum atomic E-state index is 12.1. The number of esters is 1. The van der Waals surface area contributed by atoms with Gasteiger partial charge in [0.2, 0.25) is 0 Å². The predicted molar refractivity (Wildman–Crippen MR) is 129 cm³/mol. The molecule has 3 aliphatic rings. The molecule has 1 saturated heterocycles.